The highest BCUT2D eigenvalue weighted by molar-refractivity contribution is 6.20. The SMILES string of the molecule is COc1cccc(C(=O)N2C3CCC2CC(Cl)C3)c1O. The molecule has 0 spiro atoms. The van der Waals surface area contributed by atoms with Crippen molar-refractivity contribution < 1.29 is 14.6 Å². The van der Waals surface area contributed by atoms with E-state index in [9.17, 15) is 9.90 Å². The van der Waals surface area contributed by atoms with Gasteiger partial charge in [-0.3, -0.25) is 4.79 Å². The van der Waals surface area contributed by atoms with Crippen molar-refractivity contribution in [2.24, 2.45) is 0 Å². The molecule has 2 unspecified atom stereocenters. The standard InChI is InChI=1S/C15H18ClNO3/c1-20-13-4-2-3-12(14(13)18)15(19)17-10-5-6-11(17)8-9(16)7-10/h2-4,9-11,18H,5-8H2,1H3. The lowest BCUT2D eigenvalue weighted by molar-refractivity contribution is 0.0596. The lowest BCUT2D eigenvalue weighted by atomic mass is 10.0. The van der Waals surface area contributed by atoms with Gasteiger partial charge in [0.05, 0.1) is 12.7 Å². The molecule has 0 radical (unpaired) electrons. The van der Waals surface area contributed by atoms with E-state index in [0.29, 0.717) is 11.3 Å². The van der Waals surface area contributed by atoms with Gasteiger partial charge in [0.15, 0.2) is 11.5 Å². The van der Waals surface area contributed by atoms with Crippen LogP contribution in [-0.4, -0.2) is 40.5 Å². The Balaban J connectivity index is 1.90. The molecule has 108 valence electrons. The van der Waals surface area contributed by atoms with Gasteiger partial charge in [0.2, 0.25) is 0 Å². The third-order valence-electron chi connectivity index (χ3n) is 4.36. The summed E-state index contributed by atoms with van der Waals surface area (Å²) < 4.78 is 5.07. The van der Waals surface area contributed by atoms with Crippen LogP contribution in [0.4, 0.5) is 0 Å². The predicted octanol–water partition coefficient (Wildman–Crippen LogP) is 2.78. The molecule has 0 aliphatic carbocycles. The van der Waals surface area contributed by atoms with Crippen LogP contribution in [0.1, 0.15) is 36.0 Å². The van der Waals surface area contributed by atoms with Crippen molar-refractivity contribution in [3.8, 4) is 11.5 Å². The van der Waals surface area contributed by atoms with E-state index in [4.69, 9.17) is 16.3 Å². The van der Waals surface area contributed by atoms with Crippen molar-refractivity contribution in [2.45, 2.75) is 43.1 Å². The Morgan fingerprint density at radius 1 is 1.35 bits per heavy atom. The first-order valence-electron chi connectivity index (χ1n) is 6.94. The summed E-state index contributed by atoms with van der Waals surface area (Å²) in [5.41, 5.74) is 0.314. The van der Waals surface area contributed by atoms with Crippen LogP contribution in [0.2, 0.25) is 0 Å². The number of halogens is 1. The zero-order chi connectivity index (χ0) is 14.3. The number of hydrogen-bond donors (Lipinski definition) is 1. The third kappa shape index (κ3) is 2.12. The molecule has 1 N–H and O–H groups in total. The highest BCUT2D eigenvalue weighted by atomic mass is 35.5. The maximum atomic E-state index is 12.7. The van der Waals surface area contributed by atoms with Gasteiger partial charge in [-0.15, -0.1) is 11.6 Å². The molecule has 2 aliphatic rings. The first-order valence-corrected chi connectivity index (χ1v) is 7.38. The van der Waals surface area contributed by atoms with E-state index >= 15 is 0 Å². The number of piperidine rings is 1. The topological polar surface area (TPSA) is 49.8 Å². The number of ether oxygens (including phenoxy) is 1. The van der Waals surface area contributed by atoms with Crippen molar-refractivity contribution in [2.75, 3.05) is 7.11 Å². The van der Waals surface area contributed by atoms with Gasteiger partial charge in [0.1, 0.15) is 0 Å². The van der Waals surface area contributed by atoms with Gasteiger partial charge in [0, 0.05) is 17.5 Å². The molecule has 4 nitrogen and oxygen atoms in total. The van der Waals surface area contributed by atoms with Crippen LogP contribution in [-0.2, 0) is 0 Å². The average Bonchev–Trinajstić information content (AvgIpc) is 2.70. The molecule has 5 heteroatoms. The van der Waals surface area contributed by atoms with Crippen molar-refractivity contribution in [3.63, 3.8) is 0 Å². The molecule has 0 aromatic heterocycles. The summed E-state index contributed by atoms with van der Waals surface area (Å²) in [5, 5.41) is 10.3. The van der Waals surface area contributed by atoms with Gasteiger partial charge in [-0.25, -0.2) is 0 Å². The molecular weight excluding hydrogens is 278 g/mol. The molecule has 2 heterocycles. The zero-order valence-corrected chi connectivity index (χ0v) is 12.1. The summed E-state index contributed by atoms with van der Waals surface area (Å²) in [6.45, 7) is 0. The number of hydrogen-bond acceptors (Lipinski definition) is 3. The summed E-state index contributed by atoms with van der Waals surface area (Å²) in [7, 11) is 1.48. The Bertz CT molecular complexity index is 520. The number of phenolic OH excluding ortho intramolecular Hbond substituents is 1. The molecule has 1 aromatic carbocycles. The largest absolute Gasteiger partial charge is 0.504 e. The smallest absolute Gasteiger partial charge is 0.258 e. The number of aromatic hydroxyl groups is 1. The van der Waals surface area contributed by atoms with E-state index in [2.05, 4.69) is 0 Å². The van der Waals surface area contributed by atoms with Crippen LogP contribution < -0.4 is 4.74 Å². The number of benzene rings is 1. The number of carbonyl (C=O) groups is 1. The number of nitrogens with zero attached hydrogens (tertiary/aromatic N) is 1. The molecule has 2 aliphatic heterocycles. The molecule has 1 aromatic rings. The molecule has 2 atom stereocenters. The maximum Gasteiger partial charge on any atom is 0.258 e. The molecule has 2 saturated heterocycles. The number of rotatable bonds is 2. The van der Waals surface area contributed by atoms with Crippen LogP contribution in [0, 0.1) is 0 Å². The predicted molar refractivity (Wildman–Crippen MR) is 76.5 cm³/mol. The van der Waals surface area contributed by atoms with Gasteiger partial charge in [-0.2, -0.15) is 0 Å². The molecule has 0 saturated carbocycles. The van der Waals surface area contributed by atoms with Gasteiger partial charge < -0.3 is 14.7 Å². The maximum absolute atomic E-state index is 12.7. The van der Waals surface area contributed by atoms with Crippen LogP contribution in [0.3, 0.4) is 0 Å². The van der Waals surface area contributed by atoms with Crippen LogP contribution in [0.15, 0.2) is 18.2 Å². The van der Waals surface area contributed by atoms with Gasteiger partial charge in [-0.1, -0.05) is 6.07 Å². The Morgan fingerprint density at radius 3 is 2.60 bits per heavy atom. The minimum Gasteiger partial charge on any atom is -0.504 e. The first kappa shape index (κ1) is 13.6. The van der Waals surface area contributed by atoms with Gasteiger partial charge in [-0.05, 0) is 37.8 Å². The number of phenols is 1. The molecule has 20 heavy (non-hydrogen) atoms. The van der Waals surface area contributed by atoms with Crippen LogP contribution >= 0.6 is 11.6 Å². The number of amides is 1. The summed E-state index contributed by atoms with van der Waals surface area (Å²) in [5.74, 6) is 0.139. The van der Waals surface area contributed by atoms with E-state index in [1.54, 1.807) is 18.2 Å². The highest BCUT2D eigenvalue weighted by Gasteiger charge is 2.43. The quantitative estimate of drug-likeness (QED) is 0.854. The van der Waals surface area contributed by atoms with Crippen molar-refractivity contribution in [1.82, 2.24) is 4.90 Å². The third-order valence-corrected chi connectivity index (χ3v) is 4.72. The Kier molecular flexibility index (Phi) is 3.50. The fraction of sp³-hybridized carbons (Fsp3) is 0.533. The van der Waals surface area contributed by atoms with E-state index < -0.39 is 0 Å². The second-order valence-corrected chi connectivity index (χ2v) is 6.14. The van der Waals surface area contributed by atoms with Crippen molar-refractivity contribution in [1.29, 1.82) is 0 Å². The fourth-order valence-electron chi connectivity index (χ4n) is 3.44. The number of fused-ring (bicyclic) bond motifs is 2. The Hall–Kier alpha value is -1.42. The Labute approximate surface area is 123 Å². The molecule has 3 rings (SSSR count). The van der Waals surface area contributed by atoms with E-state index in [0.717, 1.165) is 25.7 Å². The number of alkyl halides is 1. The van der Waals surface area contributed by atoms with E-state index in [1.165, 1.54) is 7.11 Å². The van der Waals surface area contributed by atoms with Gasteiger partial charge >= 0.3 is 0 Å². The normalized spacial score (nSPS) is 28.5. The average molecular weight is 296 g/mol. The van der Waals surface area contributed by atoms with Gasteiger partial charge in [0.25, 0.3) is 5.91 Å². The van der Waals surface area contributed by atoms with E-state index in [-0.39, 0.29) is 29.1 Å². The second kappa shape index (κ2) is 5.17. The zero-order valence-electron chi connectivity index (χ0n) is 11.4. The molecular formula is C15H18ClNO3. The van der Waals surface area contributed by atoms with Crippen LogP contribution in [0.5, 0.6) is 11.5 Å². The summed E-state index contributed by atoms with van der Waals surface area (Å²) in [6.07, 6.45) is 3.69. The minimum atomic E-state index is -0.113. The monoisotopic (exact) mass is 295 g/mol. The van der Waals surface area contributed by atoms with E-state index in [1.807, 2.05) is 4.90 Å². The van der Waals surface area contributed by atoms with Crippen molar-refractivity contribution >= 4 is 17.5 Å². The minimum absolute atomic E-state index is 0.0765. The molecule has 2 bridgehead atoms. The fourth-order valence-corrected chi connectivity index (χ4v) is 3.85. The summed E-state index contributed by atoms with van der Waals surface area (Å²) in [4.78, 5) is 14.6. The van der Waals surface area contributed by atoms with Crippen molar-refractivity contribution in [3.05, 3.63) is 23.8 Å². The molecule has 2 fully saturated rings. The first-order chi connectivity index (χ1) is 9.61. The number of para-hydroxylation sites is 1. The Morgan fingerprint density at radius 2 is 2.00 bits per heavy atom. The summed E-state index contributed by atoms with van der Waals surface area (Å²) in [6, 6.07) is 5.42. The molecule has 1 amide bonds. The number of methoxy groups -OCH3 is 1. The lowest BCUT2D eigenvalue weighted by Crippen LogP contribution is -2.46. The summed E-state index contributed by atoms with van der Waals surface area (Å²) >= 11 is 6.23. The second-order valence-electron chi connectivity index (χ2n) is 5.52. The number of carbonyl (C=O) groups excluding carboxylic acids is 1. The van der Waals surface area contributed by atoms with Crippen LogP contribution in [0.25, 0.3) is 0 Å². The highest BCUT2D eigenvalue weighted by Crippen LogP contribution is 2.40. The lowest BCUT2D eigenvalue weighted by Gasteiger charge is -2.37.